The Kier molecular flexibility index (Phi) is 3.21. The third kappa shape index (κ3) is 2.27. The zero-order chi connectivity index (χ0) is 10.9. The van der Waals surface area contributed by atoms with Gasteiger partial charge in [-0.1, -0.05) is 13.8 Å². The molecule has 0 aliphatic rings. The van der Waals surface area contributed by atoms with Gasteiger partial charge in [0.05, 0.1) is 5.69 Å². The molecule has 0 fully saturated rings. The highest BCUT2D eigenvalue weighted by Gasteiger charge is 2.21. The van der Waals surface area contributed by atoms with Crippen molar-refractivity contribution in [2.75, 3.05) is 0 Å². The van der Waals surface area contributed by atoms with Crippen LogP contribution in [-0.4, -0.2) is 18.2 Å². The average molecular weight is 237 g/mol. The summed E-state index contributed by atoms with van der Waals surface area (Å²) in [5, 5.41) is 4.15. The Labute approximate surface area is 88.3 Å². The molecule has 0 N–H and O–H groups in total. The maximum Gasteiger partial charge on any atom is 0.264 e. The van der Waals surface area contributed by atoms with Crippen LogP contribution in [0.25, 0.3) is 0 Å². The van der Waals surface area contributed by atoms with Crippen molar-refractivity contribution in [3.8, 4) is 0 Å². The summed E-state index contributed by atoms with van der Waals surface area (Å²) in [5.74, 6) is 0.0475. The zero-order valence-corrected chi connectivity index (χ0v) is 9.93. The third-order valence-corrected chi connectivity index (χ3v) is 3.23. The first kappa shape index (κ1) is 11.5. The molecule has 1 aromatic rings. The number of aryl methyl sites for hydroxylation is 1. The Morgan fingerprint density at radius 3 is 2.43 bits per heavy atom. The number of halogens is 1. The van der Waals surface area contributed by atoms with Crippen molar-refractivity contribution in [3.05, 3.63) is 11.9 Å². The van der Waals surface area contributed by atoms with Gasteiger partial charge in [-0.3, -0.25) is 4.68 Å². The first-order valence-corrected chi connectivity index (χ1v) is 6.69. The first-order valence-electron chi connectivity index (χ1n) is 4.38. The highest BCUT2D eigenvalue weighted by Crippen LogP contribution is 2.24. The second kappa shape index (κ2) is 3.90. The summed E-state index contributed by atoms with van der Waals surface area (Å²) in [4.78, 5) is 0.121. The van der Waals surface area contributed by atoms with Crippen molar-refractivity contribution >= 4 is 19.7 Å². The van der Waals surface area contributed by atoms with Crippen molar-refractivity contribution in [1.82, 2.24) is 9.78 Å². The van der Waals surface area contributed by atoms with Crippen LogP contribution in [-0.2, 0) is 15.6 Å². The van der Waals surface area contributed by atoms with E-state index >= 15 is 0 Å². The van der Waals surface area contributed by atoms with Crippen LogP contribution >= 0.6 is 10.7 Å². The van der Waals surface area contributed by atoms with Crippen LogP contribution in [0.2, 0.25) is 0 Å². The molecule has 0 aliphatic heterocycles. The normalized spacial score (nSPS) is 12.4. The summed E-state index contributed by atoms with van der Waals surface area (Å²) in [6.07, 6.45) is 1.47. The van der Waals surface area contributed by atoms with Gasteiger partial charge in [0.25, 0.3) is 9.05 Å². The Morgan fingerprint density at radius 1 is 1.57 bits per heavy atom. The van der Waals surface area contributed by atoms with Crippen LogP contribution in [0, 0.1) is 0 Å². The van der Waals surface area contributed by atoms with E-state index in [1.165, 1.54) is 6.20 Å². The highest BCUT2D eigenvalue weighted by molar-refractivity contribution is 8.13. The van der Waals surface area contributed by atoms with Gasteiger partial charge in [-0.2, -0.15) is 5.10 Å². The molecule has 1 rings (SSSR count). The standard InChI is InChI=1S/C8H13ClN2O2S/c1-4-11-5-7(14(9,12)13)8(10-11)6(2)3/h5-6H,4H2,1-3H3. The second-order valence-electron chi connectivity index (χ2n) is 3.33. The van der Waals surface area contributed by atoms with E-state index in [9.17, 15) is 8.42 Å². The molecule has 0 bridgehead atoms. The summed E-state index contributed by atoms with van der Waals surface area (Å²) in [6.45, 7) is 6.29. The SMILES string of the molecule is CCn1cc(S(=O)(=O)Cl)c(C(C)C)n1. The molecule has 0 spiro atoms. The fourth-order valence-corrected chi connectivity index (χ4v) is 2.30. The molecule has 0 aromatic carbocycles. The molecule has 0 unspecified atom stereocenters. The smallest absolute Gasteiger partial charge is 0.264 e. The minimum absolute atomic E-state index is 0.0475. The first-order chi connectivity index (χ1) is 6.36. The molecule has 1 aromatic heterocycles. The lowest BCUT2D eigenvalue weighted by Crippen LogP contribution is -1.98. The summed E-state index contributed by atoms with van der Waals surface area (Å²) in [7, 11) is 1.62. The second-order valence-corrected chi connectivity index (χ2v) is 5.86. The summed E-state index contributed by atoms with van der Waals surface area (Å²) in [6, 6.07) is 0. The molecule has 0 saturated heterocycles. The van der Waals surface area contributed by atoms with Gasteiger partial charge in [0.15, 0.2) is 0 Å². The van der Waals surface area contributed by atoms with Crippen molar-refractivity contribution < 1.29 is 8.42 Å². The van der Waals surface area contributed by atoms with Gasteiger partial charge in [-0.05, 0) is 12.8 Å². The molecule has 80 valence electrons. The summed E-state index contributed by atoms with van der Waals surface area (Å²) in [5.41, 5.74) is 0.529. The Hall–Kier alpha value is -0.550. The van der Waals surface area contributed by atoms with E-state index in [1.807, 2.05) is 20.8 Å². The largest absolute Gasteiger partial charge is 0.271 e. The minimum atomic E-state index is -3.68. The van der Waals surface area contributed by atoms with E-state index < -0.39 is 9.05 Å². The molecular formula is C8H13ClN2O2S. The Balaban J connectivity index is 3.34. The van der Waals surface area contributed by atoms with E-state index in [0.29, 0.717) is 12.2 Å². The predicted molar refractivity (Wildman–Crippen MR) is 55.0 cm³/mol. The van der Waals surface area contributed by atoms with Gasteiger partial charge in [0, 0.05) is 23.4 Å². The molecule has 0 atom stereocenters. The minimum Gasteiger partial charge on any atom is -0.271 e. The van der Waals surface area contributed by atoms with Crippen molar-refractivity contribution in [3.63, 3.8) is 0 Å². The molecular weight excluding hydrogens is 224 g/mol. The lowest BCUT2D eigenvalue weighted by molar-refractivity contribution is 0.607. The average Bonchev–Trinajstić information content (AvgIpc) is 2.46. The molecule has 14 heavy (non-hydrogen) atoms. The summed E-state index contributed by atoms with van der Waals surface area (Å²) < 4.78 is 24.0. The van der Waals surface area contributed by atoms with Gasteiger partial charge in [0.1, 0.15) is 4.90 Å². The Morgan fingerprint density at radius 2 is 2.14 bits per heavy atom. The van der Waals surface area contributed by atoms with Crippen molar-refractivity contribution in [1.29, 1.82) is 0 Å². The maximum atomic E-state index is 11.2. The molecule has 4 nitrogen and oxygen atoms in total. The lowest BCUT2D eigenvalue weighted by Gasteiger charge is -2.01. The van der Waals surface area contributed by atoms with Crippen LogP contribution in [0.5, 0.6) is 0 Å². The van der Waals surface area contributed by atoms with Gasteiger partial charge in [-0.25, -0.2) is 8.42 Å². The van der Waals surface area contributed by atoms with Gasteiger partial charge < -0.3 is 0 Å². The quantitative estimate of drug-likeness (QED) is 0.754. The van der Waals surface area contributed by atoms with Crippen LogP contribution in [0.15, 0.2) is 11.1 Å². The van der Waals surface area contributed by atoms with E-state index in [0.717, 1.165) is 0 Å². The van der Waals surface area contributed by atoms with Crippen LogP contribution in [0.4, 0.5) is 0 Å². The molecule has 0 radical (unpaired) electrons. The van der Waals surface area contributed by atoms with Gasteiger partial charge in [0.2, 0.25) is 0 Å². The highest BCUT2D eigenvalue weighted by atomic mass is 35.7. The van der Waals surface area contributed by atoms with Crippen LogP contribution in [0.1, 0.15) is 32.4 Å². The summed E-state index contributed by atoms with van der Waals surface area (Å²) >= 11 is 0. The number of nitrogens with zero attached hydrogens (tertiary/aromatic N) is 2. The fraction of sp³-hybridized carbons (Fsp3) is 0.625. The van der Waals surface area contributed by atoms with Crippen molar-refractivity contribution in [2.45, 2.75) is 38.1 Å². The van der Waals surface area contributed by atoms with Crippen LogP contribution < -0.4 is 0 Å². The van der Waals surface area contributed by atoms with Crippen LogP contribution in [0.3, 0.4) is 0 Å². The third-order valence-electron chi connectivity index (χ3n) is 1.89. The lowest BCUT2D eigenvalue weighted by atomic mass is 10.1. The number of hydrogen-bond acceptors (Lipinski definition) is 3. The number of rotatable bonds is 3. The van der Waals surface area contributed by atoms with Gasteiger partial charge >= 0.3 is 0 Å². The van der Waals surface area contributed by atoms with E-state index in [1.54, 1.807) is 4.68 Å². The molecule has 0 amide bonds. The van der Waals surface area contributed by atoms with E-state index in [2.05, 4.69) is 5.10 Å². The number of hydrogen-bond donors (Lipinski definition) is 0. The Bertz CT molecular complexity index is 423. The van der Waals surface area contributed by atoms with Gasteiger partial charge in [-0.15, -0.1) is 0 Å². The maximum absolute atomic E-state index is 11.2. The van der Waals surface area contributed by atoms with E-state index in [-0.39, 0.29) is 10.8 Å². The molecule has 0 aliphatic carbocycles. The molecule has 6 heteroatoms. The predicted octanol–water partition coefficient (Wildman–Crippen LogP) is 1.95. The number of aromatic nitrogens is 2. The monoisotopic (exact) mass is 236 g/mol. The topological polar surface area (TPSA) is 52.0 Å². The van der Waals surface area contributed by atoms with E-state index in [4.69, 9.17) is 10.7 Å². The fourth-order valence-electron chi connectivity index (χ4n) is 1.17. The molecule has 1 heterocycles. The zero-order valence-electron chi connectivity index (χ0n) is 8.36. The molecule has 0 saturated carbocycles. The van der Waals surface area contributed by atoms with Crippen molar-refractivity contribution in [2.24, 2.45) is 0 Å².